The third-order valence-electron chi connectivity index (χ3n) is 4.01. The van der Waals surface area contributed by atoms with Crippen LogP contribution in [-0.4, -0.2) is 26.7 Å². The van der Waals surface area contributed by atoms with E-state index in [1.54, 1.807) is 24.0 Å². The van der Waals surface area contributed by atoms with Gasteiger partial charge < -0.3 is 10.1 Å². The van der Waals surface area contributed by atoms with Crippen molar-refractivity contribution < 1.29 is 4.74 Å². The average Bonchev–Trinajstić information content (AvgIpc) is 3.08. The molecule has 0 aliphatic carbocycles. The normalized spacial score (nSPS) is 10.8. The first-order chi connectivity index (χ1) is 12.8. The Morgan fingerprint density at radius 2 is 2.04 bits per heavy atom. The number of benzene rings is 1. The molecule has 0 spiro atoms. The number of halogens is 1. The fourth-order valence-corrected chi connectivity index (χ4v) is 3.10. The van der Waals surface area contributed by atoms with Gasteiger partial charge in [0.2, 0.25) is 0 Å². The predicted molar refractivity (Wildman–Crippen MR) is 104 cm³/mol. The number of anilines is 1. The van der Waals surface area contributed by atoms with Crippen LogP contribution in [-0.2, 0) is 6.54 Å². The molecule has 7 heteroatoms. The van der Waals surface area contributed by atoms with Crippen LogP contribution in [0.5, 0.6) is 5.75 Å². The zero-order valence-electron chi connectivity index (χ0n) is 14.1. The number of pyridine rings is 1. The second-order valence-electron chi connectivity index (χ2n) is 5.67. The SMILES string of the molecule is COc1ccccc1-c1cc(NCc2cccnc2)n2ncc(Br)c2n1. The molecule has 0 fully saturated rings. The topological polar surface area (TPSA) is 64.3 Å². The highest BCUT2D eigenvalue weighted by atomic mass is 79.9. The van der Waals surface area contributed by atoms with Gasteiger partial charge in [-0.05, 0) is 39.7 Å². The summed E-state index contributed by atoms with van der Waals surface area (Å²) in [4.78, 5) is 8.90. The van der Waals surface area contributed by atoms with Gasteiger partial charge in [-0.1, -0.05) is 18.2 Å². The van der Waals surface area contributed by atoms with Crippen molar-refractivity contribution in [1.29, 1.82) is 0 Å². The lowest BCUT2D eigenvalue weighted by Crippen LogP contribution is -2.07. The molecule has 1 N–H and O–H groups in total. The molecule has 0 atom stereocenters. The first kappa shape index (κ1) is 16.5. The van der Waals surface area contributed by atoms with Crippen LogP contribution in [0.1, 0.15) is 5.56 Å². The van der Waals surface area contributed by atoms with E-state index in [4.69, 9.17) is 9.72 Å². The Morgan fingerprint density at radius 3 is 2.85 bits per heavy atom. The molecular formula is C19H16BrN5O. The van der Waals surface area contributed by atoms with Gasteiger partial charge in [0.1, 0.15) is 11.6 Å². The van der Waals surface area contributed by atoms with Crippen molar-refractivity contribution in [3.63, 3.8) is 0 Å². The summed E-state index contributed by atoms with van der Waals surface area (Å²) in [5, 5.41) is 7.83. The van der Waals surface area contributed by atoms with Gasteiger partial charge in [0.15, 0.2) is 5.65 Å². The van der Waals surface area contributed by atoms with E-state index in [-0.39, 0.29) is 0 Å². The van der Waals surface area contributed by atoms with E-state index in [0.717, 1.165) is 38.5 Å². The van der Waals surface area contributed by atoms with E-state index in [2.05, 4.69) is 31.3 Å². The maximum atomic E-state index is 5.49. The zero-order chi connectivity index (χ0) is 17.9. The quantitative estimate of drug-likeness (QED) is 0.535. The van der Waals surface area contributed by atoms with Gasteiger partial charge in [-0.15, -0.1) is 0 Å². The standard InChI is InChI=1S/C19H16BrN5O/c1-26-17-7-3-2-6-14(17)16-9-18(22-11-13-5-4-8-21-10-13)25-19(24-16)15(20)12-23-25/h2-10,12,22H,11H2,1H3. The van der Waals surface area contributed by atoms with Gasteiger partial charge in [0, 0.05) is 30.6 Å². The molecule has 0 saturated carbocycles. The van der Waals surface area contributed by atoms with Gasteiger partial charge in [-0.3, -0.25) is 4.98 Å². The molecule has 0 unspecified atom stereocenters. The van der Waals surface area contributed by atoms with E-state index >= 15 is 0 Å². The highest BCUT2D eigenvalue weighted by Crippen LogP contribution is 2.31. The first-order valence-electron chi connectivity index (χ1n) is 8.06. The van der Waals surface area contributed by atoms with Crippen LogP contribution < -0.4 is 10.1 Å². The summed E-state index contributed by atoms with van der Waals surface area (Å²) in [5.74, 6) is 1.61. The van der Waals surface area contributed by atoms with E-state index in [1.165, 1.54) is 0 Å². The molecule has 1 aromatic carbocycles. The Morgan fingerprint density at radius 1 is 1.15 bits per heavy atom. The second-order valence-corrected chi connectivity index (χ2v) is 6.52. The maximum absolute atomic E-state index is 5.49. The van der Waals surface area contributed by atoms with Crippen molar-refractivity contribution in [1.82, 2.24) is 19.6 Å². The van der Waals surface area contributed by atoms with Crippen LogP contribution in [0.25, 0.3) is 16.9 Å². The minimum Gasteiger partial charge on any atom is -0.496 e. The predicted octanol–water partition coefficient (Wildman–Crippen LogP) is 4.17. The third-order valence-corrected chi connectivity index (χ3v) is 4.57. The van der Waals surface area contributed by atoms with E-state index in [9.17, 15) is 0 Å². The van der Waals surface area contributed by atoms with Crippen molar-refractivity contribution >= 4 is 27.4 Å². The Hall–Kier alpha value is -2.93. The van der Waals surface area contributed by atoms with E-state index in [1.807, 2.05) is 48.7 Å². The second kappa shape index (κ2) is 7.13. The Labute approximate surface area is 159 Å². The number of rotatable bonds is 5. The number of aromatic nitrogens is 4. The molecule has 4 rings (SSSR count). The fraction of sp³-hybridized carbons (Fsp3) is 0.105. The number of fused-ring (bicyclic) bond motifs is 1. The summed E-state index contributed by atoms with van der Waals surface area (Å²) < 4.78 is 8.10. The molecule has 3 heterocycles. The summed E-state index contributed by atoms with van der Waals surface area (Å²) in [5.41, 5.74) is 3.56. The molecule has 3 aromatic heterocycles. The smallest absolute Gasteiger partial charge is 0.172 e. The van der Waals surface area contributed by atoms with E-state index in [0.29, 0.717) is 6.54 Å². The minimum absolute atomic E-state index is 0.635. The molecular weight excluding hydrogens is 394 g/mol. The van der Waals surface area contributed by atoms with E-state index < -0.39 is 0 Å². The molecule has 4 aromatic rings. The number of hydrogen-bond acceptors (Lipinski definition) is 5. The molecule has 6 nitrogen and oxygen atoms in total. The monoisotopic (exact) mass is 409 g/mol. The van der Waals surface area contributed by atoms with Crippen molar-refractivity contribution in [3.05, 3.63) is 71.1 Å². The zero-order valence-corrected chi connectivity index (χ0v) is 15.6. The van der Waals surface area contributed by atoms with Crippen LogP contribution in [0.4, 0.5) is 5.82 Å². The van der Waals surface area contributed by atoms with Gasteiger partial charge in [0.25, 0.3) is 0 Å². The molecule has 0 bridgehead atoms. The molecule has 0 aliphatic rings. The number of methoxy groups -OCH3 is 1. The number of para-hydroxylation sites is 1. The average molecular weight is 410 g/mol. The highest BCUT2D eigenvalue weighted by Gasteiger charge is 2.14. The molecule has 130 valence electrons. The number of ether oxygens (including phenoxy) is 1. The Balaban J connectivity index is 1.79. The lowest BCUT2D eigenvalue weighted by Gasteiger charge is -2.12. The molecule has 0 saturated heterocycles. The Kier molecular flexibility index (Phi) is 4.53. The molecule has 0 radical (unpaired) electrons. The van der Waals surface area contributed by atoms with Crippen molar-refractivity contribution in [2.24, 2.45) is 0 Å². The highest BCUT2D eigenvalue weighted by molar-refractivity contribution is 9.10. The molecule has 0 aliphatic heterocycles. The van der Waals surface area contributed by atoms with Crippen LogP contribution in [0.15, 0.2) is 65.5 Å². The third kappa shape index (κ3) is 3.13. The van der Waals surface area contributed by atoms with Gasteiger partial charge in [-0.2, -0.15) is 9.61 Å². The molecule has 0 amide bonds. The van der Waals surface area contributed by atoms with Crippen LogP contribution >= 0.6 is 15.9 Å². The summed E-state index contributed by atoms with van der Waals surface area (Å²) >= 11 is 3.52. The summed E-state index contributed by atoms with van der Waals surface area (Å²) in [6.07, 6.45) is 5.34. The Bertz CT molecular complexity index is 1050. The van der Waals surface area contributed by atoms with Gasteiger partial charge >= 0.3 is 0 Å². The first-order valence-corrected chi connectivity index (χ1v) is 8.86. The lowest BCUT2D eigenvalue weighted by atomic mass is 10.1. The van der Waals surface area contributed by atoms with Crippen molar-refractivity contribution in [2.45, 2.75) is 6.54 Å². The lowest BCUT2D eigenvalue weighted by molar-refractivity contribution is 0.416. The fourth-order valence-electron chi connectivity index (χ4n) is 2.75. The van der Waals surface area contributed by atoms with Crippen LogP contribution in [0, 0.1) is 0 Å². The number of nitrogens with one attached hydrogen (secondary N) is 1. The number of nitrogens with zero attached hydrogens (tertiary/aromatic N) is 4. The number of hydrogen-bond donors (Lipinski definition) is 1. The summed E-state index contributed by atoms with van der Waals surface area (Å²) in [6, 6.07) is 13.8. The van der Waals surface area contributed by atoms with Crippen LogP contribution in [0.3, 0.4) is 0 Å². The molecule has 26 heavy (non-hydrogen) atoms. The van der Waals surface area contributed by atoms with Crippen LogP contribution in [0.2, 0.25) is 0 Å². The largest absolute Gasteiger partial charge is 0.496 e. The summed E-state index contributed by atoms with van der Waals surface area (Å²) in [7, 11) is 1.66. The van der Waals surface area contributed by atoms with Crippen molar-refractivity contribution in [3.8, 4) is 17.0 Å². The van der Waals surface area contributed by atoms with Gasteiger partial charge in [0.05, 0.1) is 23.5 Å². The summed E-state index contributed by atoms with van der Waals surface area (Å²) in [6.45, 7) is 0.635. The maximum Gasteiger partial charge on any atom is 0.172 e. The minimum atomic E-state index is 0.635. The van der Waals surface area contributed by atoms with Crippen molar-refractivity contribution in [2.75, 3.05) is 12.4 Å². The van der Waals surface area contributed by atoms with Gasteiger partial charge in [-0.25, -0.2) is 4.98 Å².